The molecule has 0 unspecified atom stereocenters. The van der Waals surface area contributed by atoms with Crippen molar-refractivity contribution in [2.24, 2.45) is 16.8 Å². The zero-order chi connectivity index (χ0) is 19.8. The number of nitrogens with one attached hydrogen (secondary N) is 1. The average Bonchev–Trinajstić information content (AvgIpc) is 2.77. The maximum Gasteiger partial charge on any atom is 0.308 e. The van der Waals surface area contributed by atoms with Crippen molar-refractivity contribution < 1.29 is 9.53 Å². The highest BCUT2D eigenvalue weighted by molar-refractivity contribution is 14.0. The standard InChI is InChI=1S/C23H35N3O2.HI/c1-3-24-23(26-15-13-21(14-16-26)22(27)28-2)25-17-18-9-11-20(12-10-18)19-7-5-4-6-8-19;/h4-8,18,20-21H,3,9-17H2,1-2H3,(H,24,25);1H. The van der Waals surface area contributed by atoms with Crippen molar-refractivity contribution in [3.05, 3.63) is 35.9 Å². The minimum atomic E-state index is -0.0724. The molecule has 0 radical (unpaired) electrons. The van der Waals surface area contributed by atoms with Gasteiger partial charge in [-0.25, -0.2) is 0 Å². The van der Waals surface area contributed by atoms with E-state index in [4.69, 9.17) is 9.73 Å². The van der Waals surface area contributed by atoms with Gasteiger partial charge in [-0.15, -0.1) is 24.0 Å². The summed E-state index contributed by atoms with van der Waals surface area (Å²) in [4.78, 5) is 19.0. The first kappa shape index (κ1) is 24.0. The first-order valence-corrected chi connectivity index (χ1v) is 10.9. The largest absolute Gasteiger partial charge is 0.469 e. The number of aliphatic imine (C=N–C) groups is 1. The Morgan fingerprint density at radius 1 is 1.10 bits per heavy atom. The molecular formula is C23H36IN3O2. The lowest BCUT2D eigenvalue weighted by molar-refractivity contribution is -0.146. The summed E-state index contributed by atoms with van der Waals surface area (Å²) in [6, 6.07) is 10.9. The van der Waals surface area contributed by atoms with Crippen molar-refractivity contribution in [3.8, 4) is 0 Å². The van der Waals surface area contributed by atoms with E-state index in [2.05, 4.69) is 47.5 Å². The van der Waals surface area contributed by atoms with Gasteiger partial charge in [-0.3, -0.25) is 9.79 Å². The highest BCUT2D eigenvalue weighted by Crippen LogP contribution is 2.35. The van der Waals surface area contributed by atoms with E-state index in [0.29, 0.717) is 11.8 Å². The average molecular weight is 513 g/mol. The molecule has 1 heterocycles. The Kier molecular flexibility index (Phi) is 10.2. The lowest BCUT2D eigenvalue weighted by Crippen LogP contribution is -2.46. The molecule has 1 saturated carbocycles. The molecule has 1 N–H and O–H groups in total. The van der Waals surface area contributed by atoms with E-state index in [-0.39, 0.29) is 35.9 Å². The van der Waals surface area contributed by atoms with Crippen molar-refractivity contribution in [1.29, 1.82) is 0 Å². The lowest BCUT2D eigenvalue weighted by Gasteiger charge is -2.34. The molecule has 0 aromatic heterocycles. The fourth-order valence-electron chi connectivity index (χ4n) is 4.54. The van der Waals surface area contributed by atoms with E-state index in [1.165, 1.54) is 38.4 Å². The second-order valence-electron chi connectivity index (χ2n) is 8.11. The molecule has 1 aromatic carbocycles. The van der Waals surface area contributed by atoms with Crippen LogP contribution >= 0.6 is 24.0 Å². The van der Waals surface area contributed by atoms with E-state index in [1.54, 1.807) is 0 Å². The molecule has 3 rings (SSSR count). The number of nitrogens with zero attached hydrogens (tertiary/aromatic N) is 2. The maximum atomic E-state index is 11.7. The number of hydrogen-bond donors (Lipinski definition) is 1. The number of carbonyl (C=O) groups excluding carboxylic acids is 1. The highest BCUT2D eigenvalue weighted by Gasteiger charge is 2.27. The fourth-order valence-corrected chi connectivity index (χ4v) is 4.54. The second kappa shape index (κ2) is 12.4. The molecule has 6 heteroatoms. The van der Waals surface area contributed by atoms with E-state index < -0.39 is 0 Å². The van der Waals surface area contributed by atoms with Gasteiger partial charge in [0, 0.05) is 26.2 Å². The predicted molar refractivity (Wildman–Crippen MR) is 129 cm³/mol. The molecule has 0 atom stereocenters. The number of methoxy groups -OCH3 is 1. The molecule has 2 fully saturated rings. The molecule has 1 aliphatic carbocycles. The van der Waals surface area contributed by atoms with Gasteiger partial charge in [-0.05, 0) is 62.8 Å². The molecule has 5 nitrogen and oxygen atoms in total. The number of guanidine groups is 1. The zero-order valence-electron chi connectivity index (χ0n) is 17.8. The number of ether oxygens (including phenoxy) is 1. The highest BCUT2D eigenvalue weighted by atomic mass is 127. The molecule has 162 valence electrons. The van der Waals surface area contributed by atoms with Gasteiger partial charge in [0.25, 0.3) is 0 Å². The Morgan fingerprint density at radius 3 is 2.34 bits per heavy atom. The number of rotatable bonds is 5. The summed E-state index contributed by atoms with van der Waals surface area (Å²) in [5.41, 5.74) is 1.49. The van der Waals surface area contributed by atoms with Crippen molar-refractivity contribution in [2.45, 2.75) is 51.4 Å². The molecule has 0 spiro atoms. The molecule has 0 bridgehead atoms. The summed E-state index contributed by atoms with van der Waals surface area (Å²) in [5, 5.41) is 3.44. The molecule has 1 aliphatic heterocycles. The minimum absolute atomic E-state index is 0. The van der Waals surface area contributed by atoms with Gasteiger partial charge in [0.1, 0.15) is 0 Å². The van der Waals surface area contributed by atoms with Crippen LogP contribution in [0.2, 0.25) is 0 Å². The molecule has 2 aliphatic rings. The zero-order valence-corrected chi connectivity index (χ0v) is 20.1. The van der Waals surface area contributed by atoms with E-state index in [0.717, 1.165) is 45.0 Å². The number of likely N-dealkylation sites (tertiary alicyclic amines) is 1. The van der Waals surface area contributed by atoms with Crippen LogP contribution in [-0.4, -0.2) is 50.1 Å². The van der Waals surface area contributed by atoms with Crippen LogP contribution in [0, 0.1) is 11.8 Å². The van der Waals surface area contributed by atoms with Crippen molar-refractivity contribution >= 4 is 35.9 Å². The van der Waals surface area contributed by atoms with Crippen molar-refractivity contribution in [2.75, 3.05) is 33.3 Å². The van der Waals surface area contributed by atoms with E-state index in [1.807, 2.05) is 0 Å². The van der Waals surface area contributed by atoms with Crippen molar-refractivity contribution in [3.63, 3.8) is 0 Å². The molecule has 1 aromatic rings. The van der Waals surface area contributed by atoms with Crippen LogP contribution in [0.3, 0.4) is 0 Å². The first-order chi connectivity index (χ1) is 13.7. The Bertz CT molecular complexity index is 637. The minimum Gasteiger partial charge on any atom is -0.469 e. The third-order valence-electron chi connectivity index (χ3n) is 6.28. The van der Waals surface area contributed by atoms with Crippen LogP contribution in [0.15, 0.2) is 35.3 Å². The van der Waals surface area contributed by atoms with Crippen LogP contribution < -0.4 is 5.32 Å². The predicted octanol–water partition coefficient (Wildman–Crippen LogP) is 4.43. The third-order valence-corrected chi connectivity index (χ3v) is 6.28. The number of halogens is 1. The topological polar surface area (TPSA) is 53.9 Å². The Balaban J connectivity index is 0.00000300. The first-order valence-electron chi connectivity index (χ1n) is 10.9. The summed E-state index contributed by atoms with van der Waals surface area (Å²) < 4.78 is 4.90. The van der Waals surface area contributed by atoms with Crippen LogP contribution in [-0.2, 0) is 9.53 Å². The Labute approximate surface area is 192 Å². The van der Waals surface area contributed by atoms with E-state index >= 15 is 0 Å². The van der Waals surface area contributed by atoms with Gasteiger partial charge in [0.05, 0.1) is 13.0 Å². The number of carbonyl (C=O) groups is 1. The fraction of sp³-hybridized carbons (Fsp3) is 0.652. The number of piperidine rings is 1. The molecule has 1 saturated heterocycles. The van der Waals surface area contributed by atoms with E-state index in [9.17, 15) is 4.79 Å². The van der Waals surface area contributed by atoms with Gasteiger partial charge in [-0.1, -0.05) is 30.3 Å². The van der Waals surface area contributed by atoms with Crippen LogP contribution in [0.5, 0.6) is 0 Å². The summed E-state index contributed by atoms with van der Waals surface area (Å²) in [6.07, 6.45) is 6.74. The molecule has 29 heavy (non-hydrogen) atoms. The number of hydrogen-bond acceptors (Lipinski definition) is 3. The van der Waals surface area contributed by atoms with Crippen LogP contribution in [0.1, 0.15) is 56.9 Å². The Morgan fingerprint density at radius 2 is 1.76 bits per heavy atom. The van der Waals surface area contributed by atoms with Gasteiger partial charge < -0.3 is 15.0 Å². The quantitative estimate of drug-likeness (QED) is 0.274. The SMILES string of the molecule is CCNC(=NCC1CCC(c2ccccc2)CC1)N1CCC(C(=O)OC)CC1.I. The normalized spacial score (nSPS) is 23.2. The van der Waals surface area contributed by atoms with Gasteiger partial charge in [-0.2, -0.15) is 0 Å². The van der Waals surface area contributed by atoms with Crippen LogP contribution in [0.4, 0.5) is 0 Å². The summed E-state index contributed by atoms with van der Waals surface area (Å²) in [7, 11) is 1.48. The maximum absolute atomic E-state index is 11.7. The summed E-state index contributed by atoms with van der Waals surface area (Å²) in [5.74, 6) is 2.37. The Hall–Kier alpha value is -1.31. The number of esters is 1. The van der Waals surface area contributed by atoms with Gasteiger partial charge in [0.2, 0.25) is 0 Å². The van der Waals surface area contributed by atoms with Gasteiger partial charge >= 0.3 is 5.97 Å². The van der Waals surface area contributed by atoms with Crippen LogP contribution in [0.25, 0.3) is 0 Å². The molecular weight excluding hydrogens is 477 g/mol. The van der Waals surface area contributed by atoms with Gasteiger partial charge in [0.15, 0.2) is 5.96 Å². The second-order valence-corrected chi connectivity index (χ2v) is 8.11. The lowest BCUT2D eigenvalue weighted by atomic mass is 9.79. The third kappa shape index (κ3) is 6.86. The van der Waals surface area contributed by atoms with Crippen molar-refractivity contribution in [1.82, 2.24) is 10.2 Å². The smallest absolute Gasteiger partial charge is 0.308 e. The summed E-state index contributed by atoms with van der Waals surface area (Å²) in [6.45, 7) is 5.62. The summed E-state index contributed by atoms with van der Waals surface area (Å²) >= 11 is 0. The molecule has 0 amide bonds. The number of benzene rings is 1. The monoisotopic (exact) mass is 513 g/mol.